The third-order valence-electron chi connectivity index (χ3n) is 4.14. The second kappa shape index (κ2) is 6.50. The molecule has 0 fully saturated rings. The Labute approximate surface area is 132 Å². The number of para-hydroxylation sites is 1. The minimum Gasteiger partial charge on any atom is -0.341 e. The fourth-order valence-corrected chi connectivity index (χ4v) is 3.12. The minimum absolute atomic E-state index is 0. The molecule has 0 unspecified atom stereocenters. The van der Waals surface area contributed by atoms with Crippen LogP contribution in [-0.2, 0) is 6.54 Å². The van der Waals surface area contributed by atoms with Gasteiger partial charge in [-0.3, -0.25) is 0 Å². The first kappa shape index (κ1) is 15.9. The lowest BCUT2D eigenvalue weighted by Gasteiger charge is -2.11. The van der Waals surface area contributed by atoms with E-state index in [-0.39, 0.29) is 18.4 Å². The number of benzene rings is 2. The number of aryl methyl sites for hydroxylation is 1. The van der Waals surface area contributed by atoms with Gasteiger partial charge in [-0.1, -0.05) is 37.6 Å². The summed E-state index contributed by atoms with van der Waals surface area (Å²) in [6, 6.07) is 15.5. The summed E-state index contributed by atoms with van der Waals surface area (Å²) in [6.07, 6.45) is 2.16. The van der Waals surface area contributed by atoms with E-state index in [1.165, 1.54) is 27.4 Å². The van der Waals surface area contributed by atoms with Crippen LogP contribution in [0.3, 0.4) is 0 Å². The highest BCUT2D eigenvalue weighted by atomic mass is 35.5. The Morgan fingerprint density at radius 1 is 1.00 bits per heavy atom. The van der Waals surface area contributed by atoms with E-state index in [4.69, 9.17) is 5.73 Å². The SMILES string of the molecule is CCC[C@H](N)c1ccc2c(c1)c1ccccc1n2CC.Cl. The molecule has 1 heterocycles. The maximum Gasteiger partial charge on any atom is 0.0491 e. The van der Waals surface area contributed by atoms with Crippen LogP contribution in [0.1, 0.15) is 38.3 Å². The molecule has 1 aromatic heterocycles. The summed E-state index contributed by atoms with van der Waals surface area (Å²) < 4.78 is 2.37. The van der Waals surface area contributed by atoms with Crippen LogP contribution in [0, 0.1) is 0 Å². The van der Waals surface area contributed by atoms with Gasteiger partial charge in [0, 0.05) is 34.4 Å². The predicted molar refractivity (Wildman–Crippen MR) is 94.2 cm³/mol. The lowest BCUT2D eigenvalue weighted by molar-refractivity contribution is 0.639. The minimum atomic E-state index is 0. The molecule has 2 aromatic carbocycles. The average Bonchev–Trinajstić information content (AvgIpc) is 2.80. The molecule has 2 N–H and O–H groups in total. The van der Waals surface area contributed by atoms with Crippen molar-refractivity contribution < 1.29 is 0 Å². The van der Waals surface area contributed by atoms with Gasteiger partial charge in [0.05, 0.1) is 0 Å². The fraction of sp³-hybridized carbons (Fsp3) is 0.333. The molecule has 0 bridgehead atoms. The first-order valence-corrected chi connectivity index (χ1v) is 7.52. The summed E-state index contributed by atoms with van der Waals surface area (Å²) in [7, 11) is 0. The van der Waals surface area contributed by atoms with Gasteiger partial charge in [-0.25, -0.2) is 0 Å². The van der Waals surface area contributed by atoms with Gasteiger partial charge in [-0.2, -0.15) is 0 Å². The zero-order chi connectivity index (χ0) is 14.1. The molecule has 0 amide bonds. The average molecular weight is 303 g/mol. The smallest absolute Gasteiger partial charge is 0.0491 e. The third-order valence-corrected chi connectivity index (χ3v) is 4.14. The summed E-state index contributed by atoms with van der Waals surface area (Å²) in [5, 5.41) is 2.65. The molecule has 0 spiro atoms. The zero-order valence-corrected chi connectivity index (χ0v) is 13.5. The van der Waals surface area contributed by atoms with Gasteiger partial charge in [-0.05, 0) is 37.1 Å². The van der Waals surface area contributed by atoms with Gasteiger partial charge in [0.15, 0.2) is 0 Å². The number of fused-ring (bicyclic) bond motifs is 3. The summed E-state index contributed by atoms with van der Waals surface area (Å²) >= 11 is 0. The van der Waals surface area contributed by atoms with Gasteiger partial charge in [0.25, 0.3) is 0 Å². The van der Waals surface area contributed by atoms with E-state index in [9.17, 15) is 0 Å². The first-order valence-electron chi connectivity index (χ1n) is 7.52. The molecule has 3 aromatic rings. The second-order valence-electron chi connectivity index (χ2n) is 5.43. The Morgan fingerprint density at radius 3 is 2.43 bits per heavy atom. The molecule has 1 atom stereocenters. The van der Waals surface area contributed by atoms with E-state index in [0.29, 0.717) is 0 Å². The largest absolute Gasteiger partial charge is 0.341 e. The summed E-state index contributed by atoms with van der Waals surface area (Å²) in [4.78, 5) is 0. The van der Waals surface area contributed by atoms with E-state index in [2.05, 4.69) is 60.9 Å². The van der Waals surface area contributed by atoms with E-state index in [1.54, 1.807) is 0 Å². The van der Waals surface area contributed by atoms with Crippen molar-refractivity contribution in [1.82, 2.24) is 4.57 Å². The van der Waals surface area contributed by atoms with Crippen LogP contribution in [0.5, 0.6) is 0 Å². The topological polar surface area (TPSA) is 30.9 Å². The molecule has 3 heteroatoms. The van der Waals surface area contributed by atoms with Gasteiger partial charge < -0.3 is 10.3 Å². The van der Waals surface area contributed by atoms with Crippen molar-refractivity contribution in [2.75, 3.05) is 0 Å². The molecular formula is C18H23ClN2. The molecule has 21 heavy (non-hydrogen) atoms. The number of rotatable bonds is 4. The molecule has 0 aliphatic rings. The lowest BCUT2D eigenvalue weighted by Crippen LogP contribution is -2.09. The fourth-order valence-electron chi connectivity index (χ4n) is 3.12. The quantitative estimate of drug-likeness (QED) is 0.719. The van der Waals surface area contributed by atoms with Crippen molar-refractivity contribution in [3.05, 3.63) is 48.0 Å². The van der Waals surface area contributed by atoms with Gasteiger partial charge in [0.1, 0.15) is 0 Å². The van der Waals surface area contributed by atoms with E-state index in [1.807, 2.05) is 0 Å². The van der Waals surface area contributed by atoms with Gasteiger partial charge in [-0.15, -0.1) is 12.4 Å². The van der Waals surface area contributed by atoms with Crippen LogP contribution in [-0.4, -0.2) is 4.57 Å². The molecule has 0 aliphatic heterocycles. The number of nitrogens with zero attached hydrogens (tertiary/aromatic N) is 1. The molecule has 0 radical (unpaired) electrons. The van der Waals surface area contributed by atoms with Crippen LogP contribution < -0.4 is 5.73 Å². The van der Waals surface area contributed by atoms with Crippen LogP contribution in [0.15, 0.2) is 42.5 Å². The summed E-state index contributed by atoms with van der Waals surface area (Å²) in [5.41, 5.74) is 10.1. The van der Waals surface area contributed by atoms with Gasteiger partial charge in [0.2, 0.25) is 0 Å². The van der Waals surface area contributed by atoms with Crippen molar-refractivity contribution in [2.45, 2.75) is 39.3 Å². The highest BCUT2D eigenvalue weighted by molar-refractivity contribution is 6.08. The Balaban J connectivity index is 0.00000161. The van der Waals surface area contributed by atoms with Crippen LogP contribution in [0.25, 0.3) is 21.8 Å². The highest BCUT2D eigenvalue weighted by Gasteiger charge is 2.11. The highest BCUT2D eigenvalue weighted by Crippen LogP contribution is 2.31. The first-order chi connectivity index (χ1) is 9.76. The Hall–Kier alpha value is -1.51. The molecule has 0 saturated heterocycles. The van der Waals surface area contributed by atoms with E-state index < -0.39 is 0 Å². The van der Waals surface area contributed by atoms with Crippen molar-refractivity contribution in [3.63, 3.8) is 0 Å². The lowest BCUT2D eigenvalue weighted by atomic mass is 10.0. The molecule has 0 saturated carbocycles. The van der Waals surface area contributed by atoms with E-state index >= 15 is 0 Å². The van der Waals surface area contributed by atoms with Crippen molar-refractivity contribution in [2.24, 2.45) is 5.73 Å². The van der Waals surface area contributed by atoms with Crippen molar-refractivity contribution in [3.8, 4) is 0 Å². The van der Waals surface area contributed by atoms with Gasteiger partial charge >= 0.3 is 0 Å². The standard InChI is InChI=1S/C18H22N2.ClH/c1-3-7-16(19)13-10-11-18-15(12-13)14-8-5-6-9-17(14)20(18)4-2;/h5-6,8-12,16H,3-4,7,19H2,1-2H3;1H/t16-;/m0./s1. The Bertz CT molecular complexity index is 745. The molecular weight excluding hydrogens is 280 g/mol. The van der Waals surface area contributed by atoms with Crippen LogP contribution in [0.2, 0.25) is 0 Å². The Kier molecular flexibility index (Phi) is 4.92. The summed E-state index contributed by atoms with van der Waals surface area (Å²) in [6.45, 7) is 5.37. The zero-order valence-electron chi connectivity index (χ0n) is 12.7. The summed E-state index contributed by atoms with van der Waals surface area (Å²) in [5.74, 6) is 0. The number of aromatic nitrogens is 1. The maximum atomic E-state index is 6.27. The predicted octanol–water partition coefficient (Wildman–Crippen LogP) is 5.04. The number of halogens is 1. The second-order valence-corrected chi connectivity index (χ2v) is 5.43. The van der Waals surface area contributed by atoms with Crippen molar-refractivity contribution in [1.29, 1.82) is 0 Å². The maximum absolute atomic E-state index is 6.27. The monoisotopic (exact) mass is 302 g/mol. The normalized spacial score (nSPS) is 12.5. The van der Waals surface area contributed by atoms with Crippen molar-refractivity contribution >= 4 is 34.2 Å². The van der Waals surface area contributed by atoms with Crippen LogP contribution >= 0.6 is 12.4 Å². The molecule has 2 nitrogen and oxygen atoms in total. The van der Waals surface area contributed by atoms with Crippen LogP contribution in [0.4, 0.5) is 0 Å². The molecule has 112 valence electrons. The number of hydrogen-bond donors (Lipinski definition) is 1. The third kappa shape index (κ3) is 2.66. The molecule has 3 rings (SSSR count). The molecule has 0 aliphatic carbocycles. The number of nitrogens with two attached hydrogens (primary N) is 1. The van der Waals surface area contributed by atoms with E-state index in [0.717, 1.165) is 19.4 Å². The number of hydrogen-bond acceptors (Lipinski definition) is 1. The Morgan fingerprint density at radius 2 is 1.71 bits per heavy atom.